The maximum Gasteiger partial charge on any atom is 0.325 e. The average Bonchev–Trinajstić information content (AvgIpc) is 2.64. The fourth-order valence-electron chi connectivity index (χ4n) is 2.06. The van der Waals surface area contributed by atoms with Crippen molar-refractivity contribution in [2.45, 2.75) is 6.61 Å². The first-order valence-electron chi connectivity index (χ1n) is 7.43. The van der Waals surface area contributed by atoms with Crippen molar-refractivity contribution in [3.8, 4) is 11.5 Å². The van der Waals surface area contributed by atoms with Crippen LogP contribution < -0.4 is 14.8 Å². The average molecular weight is 364 g/mol. The Kier molecular flexibility index (Phi) is 6.65. The molecular weight excluding hydrogens is 346 g/mol. The standard InChI is InChI=1S/C18H18ClNO5/c1-23-15-7-8-16(24-2)13(9-15)11-25-17(21)10-20-18(22)12-3-5-14(19)6-4-12/h3-9H,10-11H2,1-2H3,(H,20,22). The fourth-order valence-corrected chi connectivity index (χ4v) is 2.19. The summed E-state index contributed by atoms with van der Waals surface area (Å²) in [5.41, 5.74) is 1.07. The zero-order valence-electron chi connectivity index (χ0n) is 13.9. The second-order valence-electron chi connectivity index (χ2n) is 5.03. The number of ether oxygens (including phenoxy) is 3. The number of carbonyl (C=O) groups excluding carboxylic acids is 2. The van der Waals surface area contributed by atoms with Crippen LogP contribution in [-0.4, -0.2) is 32.6 Å². The molecular formula is C18H18ClNO5. The molecule has 132 valence electrons. The van der Waals surface area contributed by atoms with Crippen LogP contribution in [0.3, 0.4) is 0 Å². The van der Waals surface area contributed by atoms with Crippen molar-refractivity contribution < 1.29 is 23.8 Å². The van der Waals surface area contributed by atoms with Gasteiger partial charge in [-0.05, 0) is 42.5 Å². The lowest BCUT2D eigenvalue weighted by molar-refractivity contribution is -0.143. The molecule has 1 amide bonds. The molecule has 0 aliphatic heterocycles. The smallest absolute Gasteiger partial charge is 0.325 e. The Morgan fingerprint density at radius 2 is 1.76 bits per heavy atom. The van der Waals surface area contributed by atoms with Crippen LogP contribution in [0.5, 0.6) is 11.5 Å². The van der Waals surface area contributed by atoms with E-state index < -0.39 is 5.97 Å². The molecule has 0 unspecified atom stereocenters. The highest BCUT2D eigenvalue weighted by atomic mass is 35.5. The normalized spacial score (nSPS) is 10.0. The van der Waals surface area contributed by atoms with Gasteiger partial charge in [-0.15, -0.1) is 0 Å². The number of halogens is 1. The molecule has 2 aromatic carbocycles. The molecule has 1 N–H and O–H groups in total. The summed E-state index contributed by atoms with van der Waals surface area (Å²) in [6, 6.07) is 11.5. The van der Waals surface area contributed by atoms with E-state index in [0.29, 0.717) is 27.6 Å². The minimum atomic E-state index is -0.563. The lowest BCUT2D eigenvalue weighted by Crippen LogP contribution is -2.30. The maximum absolute atomic E-state index is 11.9. The largest absolute Gasteiger partial charge is 0.497 e. The molecule has 0 aliphatic rings. The first kappa shape index (κ1) is 18.6. The molecule has 0 bridgehead atoms. The van der Waals surface area contributed by atoms with Crippen LogP contribution in [0.2, 0.25) is 5.02 Å². The third kappa shape index (κ3) is 5.39. The third-order valence-electron chi connectivity index (χ3n) is 3.38. The first-order valence-corrected chi connectivity index (χ1v) is 7.81. The number of amides is 1. The van der Waals surface area contributed by atoms with Crippen LogP contribution in [0.1, 0.15) is 15.9 Å². The Labute approximate surface area is 150 Å². The van der Waals surface area contributed by atoms with Gasteiger partial charge in [0.15, 0.2) is 0 Å². The highest BCUT2D eigenvalue weighted by molar-refractivity contribution is 6.30. The van der Waals surface area contributed by atoms with Crippen molar-refractivity contribution >= 4 is 23.5 Å². The molecule has 0 spiro atoms. The Bertz CT molecular complexity index is 746. The number of benzene rings is 2. The molecule has 2 rings (SSSR count). The highest BCUT2D eigenvalue weighted by Crippen LogP contribution is 2.24. The van der Waals surface area contributed by atoms with Crippen LogP contribution in [0, 0.1) is 0 Å². The van der Waals surface area contributed by atoms with Gasteiger partial charge in [-0.2, -0.15) is 0 Å². The lowest BCUT2D eigenvalue weighted by atomic mass is 10.2. The van der Waals surface area contributed by atoms with Gasteiger partial charge < -0.3 is 19.5 Å². The highest BCUT2D eigenvalue weighted by Gasteiger charge is 2.11. The SMILES string of the molecule is COc1ccc(OC)c(COC(=O)CNC(=O)c2ccc(Cl)cc2)c1. The van der Waals surface area contributed by atoms with Crippen molar-refractivity contribution in [2.24, 2.45) is 0 Å². The van der Waals surface area contributed by atoms with E-state index in [1.807, 2.05) is 0 Å². The van der Waals surface area contributed by atoms with E-state index in [0.717, 1.165) is 0 Å². The second kappa shape index (κ2) is 8.94. The Morgan fingerprint density at radius 1 is 1.04 bits per heavy atom. The second-order valence-corrected chi connectivity index (χ2v) is 5.46. The van der Waals surface area contributed by atoms with Crippen molar-refractivity contribution in [1.29, 1.82) is 0 Å². The fraction of sp³-hybridized carbons (Fsp3) is 0.222. The molecule has 0 fully saturated rings. The minimum absolute atomic E-state index is 0.00994. The summed E-state index contributed by atoms with van der Waals surface area (Å²) in [6.45, 7) is -0.232. The molecule has 7 heteroatoms. The summed E-state index contributed by atoms with van der Waals surface area (Å²) in [5, 5.41) is 3.02. The van der Waals surface area contributed by atoms with E-state index in [9.17, 15) is 9.59 Å². The predicted octanol–water partition coefficient (Wildman–Crippen LogP) is 2.83. The van der Waals surface area contributed by atoms with Crippen LogP contribution in [0.15, 0.2) is 42.5 Å². The quantitative estimate of drug-likeness (QED) is 0.766. The summed E-state index contributed by atoms with van der Waals surface area (Å²) in [5.74, 6) is 0.265. The van der Waals surface area contributed by atoms with E-state index in [-0.39, 0.29) is 19.1 Å². The van der Waals surface area contributed by atoms with E-state index in [4.69, 9.17) is 25.8 Å². The number of nitrogens with one attached hydrogen (secondary N) is 1. The number of methoxy groups -OCH3 is 2. The number of esters is 1. The number of carbonyl (C=O) groups is 2. The van der Waals surface area contributed by atoms with Crippen molar-refractivity contribution in [3.05, 3.63) is 58.6 Å². The molecule has 0 heterocycles. The monoisotopic (exact) mass is 363 g/mol. The summed E-state index contributed by atoms with van der Waals surface area (Å²) in [4.78, 5) is 23.8. The predicted molar refractivity (Wildman–Crippen MR) is 93.1 cm³/mol. The summed E-state index contributed by atoms with van der Waals surface area (Å²) in [7, 11) is 3.07. The number of rotatable bonds is 7. The van der Waals surface area contributed by atoms with Gasteiger partial charge in [-0.1, -0.05) is 11.6 Å². The van der Waals surface area contributed by atoms with Gasteiger partial charge in [0.1, 0.15) is 24.7 Å². The molecule has 0 radical (unpaired) electrons. The zero-order chi connectivity index (χ0) is 18.2. The van der Waals surface area contributed by atoms with Crippen LogP contribution >= 0.6 is 11.6 Å². The molecule has 6 nitrogen and oxygen atoms in total. The van der Waals surface area contributed by atoms with Crippen molar-refractivity contribution in [1.82, 2.24) is 5.32 Å². The van der Waals surface area contributed by atoms with E-state index >= 15 is 0 Å². The van der Waals surface area contributed by atoms with E-state index in [2.05, 4.69) is 5.32 Å². The van der Waals surface area contributed by atoms with Gasteiger partial charge in [0, 0.05) is 16.1 Å². The Balaban J connectivity index is 1.86. The summed E-state index contributed by atoms with van der Waals surface area (Å²) in [6.07, 6.45) is 0. The minimum Gasteiger partial charge on any atom is -0.497 e. The van der Waals surface area contributed by atoms with E-state index in [1.165, 1.54) is 7.11 Å². The number of hydrogen-bond donors (Lipinski definition) is 1. The van der Waals surface area contributed by atoms with Crippen LogP contribution in [-0.2, 0) is 16.1 Å². The van der Waals surface area contributed by atoms with Gasteiger partial charge in [0.05, 0.1) is 14.2 Å². The molecule has 0 aromatic heterocycles. The van der Waals surface area contributed by atoms with Crippen molar-refractivity contribution in [2.75, 3.05) is 20.8 Å². The molecule has 0 saturated heterocycles. The number of hydrogen-bond acceptors (Lipinski definition) is 5. The maximum atomic E-state index is 11.9. The molecule has 0 atom stereocenters. The van der Waals surface area contributed by atoms with Gasteiger partial charge >= 0.3 is 5.97 Å². The topological polar surface area (TPSA) is 73.9 Å². The van der Waals surface area contributed by atoms with E-state index in [1.54, 1.807) is 49.6 Å². The molecule has 0 saturated carbocycles. The van der Waals surface area contributed by atoms with Crippen LogP contribution in [0.4, 0.5) is 0 Å². The molecule has 2 aromatic rings. The van der Waals surface area contributed by atoms with Gasteiger partial charge in [-0.25, -0.2) is 0 Å². The summed E-state index contributed by atoms with van der Waals surface area (Å²) < 4.78 is 15.5. The lowest BCUT2D eigenvalue weighted by Gasteiger charge is -2.11. The molecule has 25 heavy (non-hydrogen) atoms. The molecule has 0 aliphatic carbocycles. The zero-order valence-corrected chi connectivity index (χ0v) is 14.6. The summed E-state index contributed by atoms with van der Waals surface area (Å²) >= 11 is 5.76. The van der Waals surface area contributed by atoms with Gasteiger partial charge in [0.2, 0.25) is 0 Å². The van der Waals surface area contributed by atoms with Crippen LogP contribution in [0.25, 0.3) is 0 Å². The Morgan fingerprint density at radius 3 is 2.40 bits per heavy atom. The van der Waals surface area contributed by atoms with Gasteiger partial charge in [0.25, 0.3) is 5.91 Å². The first-order chi connectivity index (χ1) is 12.0. The third-order valence-corrected chi connectivity index (χ3v) is 3.63. The van der Waals surface area contributed by atoms with Crippen molar-refractivity contribution in [3.63, 3.8) is 0 Å². The Hall–Kier alpha value is -2.73. The van der Waals surface area contributed by atoms with Gasteiger partial charge in [-0.3, -0.25) is 9.59 Å².